The molecule has 2 heterocycles. The summed E-state index contributed by atoms with van der Waals surface area (Å²) in [5.41, 5.74) is 0. The van der Waals surface area contributed by atoms with Crippen molar-refractivity contribution in [3.05, 3.63) is 18.2 Å². The molecule has 106 valence electrons. The molecule has 1 saturated heterocycles. The van der Waals surface area contributed by atoms with Crippen molar-refractivity contribution in [1.82, 2.24) is 4.98 Å². The van der Waals surface area contributed by atoms with Gasteiger partial charge in [0.15, 0.2) is 0 Å². The van der Waals surface area contributed by atoms with Crippen molar-refractivity contribution < 1.29 is 5.11 Å². The number of aromatic nitrogens is 1. The Kier molecular flexibility index (Phi) is 5.45. The highest BCUT2D eigenvalue weighted by molar-refractivity contribution is 5.48. The van der Waals surface area contributed by atoms with E-state index in [2.05, 4.69) is 29.3 Å². The molecule has 0 amide bonds. The zero-order valence-electron chi connectivity index (χ0n) is 11.8. The third-order valence-electron chi connectivity index (χ3n) is 3.66. The standard InChI is InChI=1S/C15H25N3O/c1-2-10-16-14-8-3-9-15(17-14)18-11-4-6-13(18)7-5-12-19/h3,8-9,13,19H,2,4-7,10-12H2,1H3,(H,16,17). The summed E-state index contributed by atoms with van der Waals surface area (Å²) in [7, 11) is 0. The van der Waals surface area contributed by atoms with Crippen molar-refractivity contribution in [3.8, 4) is 0 Å². The predicted octanol–water partition coefficient (Wildman–Crippen LogP) is 2.64. The summed E-state index contributed by atoms with van der Waals surface area (Å²) >= 11 is 0. The van der Waals surface area contributed by atoms with Gasteiger partial charge in [-0.25, -0.2) is 4.98 Å². The van der Waals surface area contributed by atoms with Gasteiger partial charge in [-0.2, -0.15) is 0 Å². The number of rotatable bonds is 7. The zero-order valence-corrected chi connectivity index (χ0v) is 11.8. The predicted molar refractivity (Wildman–Crippen MR) is 79.7 cm³/mol. The number of hydrogen-bond acceptors (Lipinski definition) is 4. The highest BCUT2D eigenvalue weighted by Crippen LogP contribution is 2.27. The van der Waals surface area contributed by atoms with Crippen LogP contribution in [0.25, 0.3) is 0 Å². The third-order valence-corrected chi connectivity index (χ3v) is 3.66. The molecule has 1 aliphatic rings. The first-order chi connectivity index (χ1) is 9.35. The Hall–Kier alpha value is -1.29. The lowest BCUT2D eigenvalue weighted by Crippen LogP contribution is -2.30. The number of nitrogens with one attached hydrogen (secondary N) is 1. The normalized spacial score (nSPS) is 18.8. The van der Waals surface area contributed by atoms with Crippen LogP contribution in [0.2, 0.25) is 0 Å². The van der Waals surface area contributed by atoms with Gasteiger partial charge in [0, 0.05) is 25.7 Å². The largest absolute Gasteiger partial charge is 0.396 e. The molecule has 1 atom stereocenters. The molecule has 1 unspecified atom stereocenters. The molecule has 19 heavy (non-hydrogen) atoms. The fraction of sp³-hybridized carbons (Fsp3) is 0.667. The van der Waals surface area contributed by atoms with Crippen LogP contribution in [0.3, 0.4) is 0 Å². The van der Waals surface area contributed by atoms with Crippen LogP contribution in [-0.2, 0) is 0 Å². The van der Waals surface area contributed by atoms with E-state index in [1.165, 1.54) is 12.8 Å². The summed E-state index contributed by atoms with van der Waals surface area (Å²) in [5, 5.41) is 12.3. The van der Waals surface area contributed by atoms with Crippen LogP contribution in [0, 0.1) is 0 Å². The van der Waals surface area contributed by atoms with Crippen LogP contribution in [0.1, 0.15) is 39.0 Å². The molecule has 1 fully saturated rings. The fourth-order valence-corrected chi connectivity index (χ4v) is 2.70. The first-order valence-electron chi connectivity index (χ1n) is 7.43. The second kappa shape index (κ2) is 7.34. The summed E-state index contributed by atoms with van der Waals surface area (Å²) in [4.78, 5) is 7.10. The zero-order chi connectivity index (χ0) is 13.5. The highest BCUT2D eigenvalue weighted by Gasteiger charge is 2.25. The maximum absolute atomic E-state index is 8.98. The van der Waals surface area contributed by atoms with Gasteiger partial charge in [0.2, 0.25) is 0 Å². The number of pyridine rings is 1. The number of nitrogens with zero attached hydrogens (tertiary/aromatic N) is 2. The average molecular weight is 263 g/mol. The summed E-state index contributed by atoms with van der Waals surface area (Å²) in [6.07, 6.45) is 5.49. The lowest BCUT2D eigenvalue weighted by atomic mass is 10.1. The number of aliphatic hydroxyl groups excluding tert-OH is 1. The second-order valence-corrected chi connectivity index (χ2v) is 5.16. The molecule has 0 radical (unpaired) electrons. The van der Waals surface area contributed by atoms with Crippen LogP contribution in [0.15, 0.2) is 18.2 Å². The Labute approximate surface area is 115 Å². The van der Waals surface area contributed by atoms with Crippen LogP contribution >= 0.6 is 0 Å². The van der Waals surface area contributed by atoms with Crippen LogP contribution in [0.5, 0.6) is 0 Å². The monoisotopic (exact) mass is 263 g/mol. The Morgan fingerprint density at radius 2 is 2.37 bits per heavy atom. The van der Waals surface area contributed by atoms with Crippen molar-refractivity contribution in [1.29, 1.82) is 0 Å². The van der Waals surface area contributed by atoms with E-state index in [9.17, 15) is 0 Å². The summed E-state index contributed by atoms with van der Waals surface area (Å²) in [6, 6.07) is 6.73. The van der Waals surface area contributed by atoms with Gasteiger partial charge in [-0.15, -0.1) is 0 Å². The third kappa shape index (κ3) is 3.83. The quantitative estimate of drug-likeness (QED) is 0.794. The van der Waals surface area contributed by atoms with Crippen molar-refractivity contribution in [3.63, 3.8) is 0 Å². The summed E-state index contributed by atoms with van der Waals surface area (Å²) in [5.74, 6) is 2.04. The Balaban J connectivity index is 2.03. The summed E-state index contributed by atoms with van der Waals surface area (Å²) in [6.45, 7) is 4.49. The van der Waals surface area contributed by atoms with Crippen molar-refractivity contribution in [2.75, 3.05) is 29.9 Å². The first-order valence-corrected chi connectivity index (χ1v) is 7.43. The molecule has 4 nitrogen and oxygen atoms in total. The molecule has 0 saturated carbocycles. The minimum atomic E-state index is 0.288. The molecule has 0 spiro atoms. The van der Waals surface area contributed by atoms with Crippen LogP contribution in [-0.4, -0.2) is 35.8 Å². The van der Waals surface area contributed by atoms with Gasteiger partial charge >= 0.3 is 0 Å². The molecular weight excluding hydrogens is 238 g/mol. The van der Waals surface area contributed by atoms with Gasteiger partial charge in [-0.05, 0) is 44.2 Å². The smallest absolute Gasteiger partial charge is 0.131 e. The fourth-order valence-electron chi connectivity index (χ4n) is 2.70. The molecule has 1 aliphatic heterocycles. The van der Waals surface area contributed by atoms with Crippen LogP contribution < -0.4 is 10.2 Å². The van der Waals surface area contributed by atoms with Gasteiger partial charge in [-0.1, -0.05) is 13.0 Å². The highest BCUT2D eigenvalue weighted by atomic mass is 16.2. The number of aliphatic hydroxyl groups is 1. The Bertz CT molecular complexity index is 383. The minimum Gasteiger partial charge on any atom is -0.396 e. The number of anilines is 2. The molecule has 1 aromatic rings. The van der Waals surface area contributed by atoms with Gasteiger partial charge < -0.3 is 15.3 Å². The van der Waals surface area contributed by atoms with Gasteiger partial charge in [0.1, 0.15) is 11.6 Å². The lowest BCUT2D eigenvalue weighted by Gasteiger charge is -2.26. The first kappa shape index (κ1) is 14.1. The van der Waals surface area contributed by atoms with Gasteiger partial charge in [0.05, 0.1) is 0 Å². The SMILES string of the molecule is CCCNc1cccc(N2CCCC2CCCO)n1. The van der Waals surface area contributed by atoms with E-state index in [0.29, 0.717) is 6.04 Å². The molecular formula is C15H25N3O. The maximum Gasteiger partial charge on any atom is 0.131 e. The number of hydrogen-bond donors (Lipinski definition) is 2. The maximum atomic E-state index is 8.98. The molecule has 0 aliphatic carbocycles. The van der Waals surface area contributed by atoms with E-state index in [0.717, 1.165) is 44.0 Å². The molecule has 0 aromatic carbocycles. The Morgan fingerprint density at radius 1 is 1.47 bits per heavy atom. The van der Waals surface area contributed by atoms with E-state index < -0.39 is 0 Å². The van der Waals surface area contributed by atoms with Crippen LogP contribution in [0.4, 0.5) is 11.6 Å². The van der Waals surface area contributed by atoms with E-state index in [4.69, 9.17) is 10.1 Å². The minimum absolute atomic E-state index is 0.288. The summed E-state index contributed by atoms with van der Waals surface area (Å²) < 4.78 is 0. The van der Waals surface area contributed by atoms with E-state index in [1.54, 1.807) is 0 Å². The van der Waals surface area contributed by atoms with Crippen molar-refractivity contribution >= 4 is 11.6 Å². The average Bonchev–Trinajstić information content (AvgIpc) is 2.91. The second-order valence-electron chi connectivity index (χ2n) is 5.16. The van der Waals surface area contributed by atoms with E-state index >= 15 is 0 Å². The Morgan fingerprint density at radius 3 is 3.16 bits per heavy atom. The lowest BCUT2D eigenvalue weighted by molar-refractivity contribution is 0.279. The molecule has 4 heteroatoms. The molecule has 2 rings (SSSR count). The van der Waals surface area contributed by atoms with Crippen molar-refractivity contribution in [2.45, 2.75) is 45.1 Å². The van der Waals surface area contributed by atoms with Crippen molar-refractivity contribution in [2.24, 2.45) is 0 Å². The van der Waals surface area contributed by atoms with Gasteiger partial charge in [0.25, 0.3) is 0 Å². The van der Waals surface area contributed by atoms with E-state index in [1.807, 2.05) is 6.07 Å². The molecule has 0 bridgehead atoms. The topological polar surface area (TPSA) is 48.4 Å². The van der Waals surface area contributed by atoms with E-state index in [-0.39, 0.29) is 6.61 Å². The van der Waals surface area contributed by atoms with Gasteiger partial charge in [-0.3, -0.25) is 0 Å². The molecule has 2 N–H and O–H groups in total. The molecule has 1 aromatic heterocycles.